The number of hydrogen-bond donors (Lipinski definition) is 2. The third-order valence-electron chi connectivity index (χ3n) is 3.03. The number of aliphatic imine (C=N–C) groups is 1. The van der Waals surface area contributed by atoms with E-state index in [4.69, 9.17) is 5.11 Å². The van der Waals surface area contributed by atoms with Gasteiger partial charge in [0, 0.05) is 12.6 Å². The van der Waals surface area contributed by atoms with Crippen molar-refractivity contribution in [3.05, 3.63) is 11.1 Å². The van der Waals surface area contributed by atoms with Crippen molar-refractivity contribution in [1.29, 1.82) is 0 Å². The summed E-state index contributed by atoms with van der Waals surface area (Å²) in [5.74, 6) is -1.45. The van der Waals surface area contributed by atoms with Gasteiger partial charge in [0.15, 0.2) is 9.95 Å². The van der Waals surface area contributed by atoms with E-state index in [1.165, 1.54) is 0 Å². The molecule has 0 aromatic heterocycles. The molecule has 1 aliphatic carbocycles. The van der Waals surface area contributed by atoms with Gasteiger partial charge in [0.2, 0.25) is 9.84 Å². The van der Waals surface area contributed by atoms with E-state index in [0.717, 1.165) is 31.9 Å². The van der Waals surface area contributed by atoms with E-state index in [1.54, 1.807) is 0 Å². The zero-order valence-corrected chi connectivity index (χ0v) is 10.0. The third-order valence-corrected chi connectivity index (χ3v) is 4.76. The maximum Gasteiger partial charge on any atom is 0.349 e. The Kier molecular flexibility index (Phi) is 3.30. The predicted octanol–water partition coefficient (Wildman–Crippen LogP) is 0.271. The van der Waals surface area contributed by atoms with Crippen LogP contribution in [0, 0.1) is 0 Å². The minimum Gasteiger partial charge on any atom is -0.477 e. The van der Waals surface area contributed by atoms with Gasteiger partial charge in [-0.15, -0.1) is 0 Å². The number of nitrogens with zero attached hydrogens (tertiary/aromatic N) is 1. The molecule has 1 saturated carbocycles. The largest absolute Gasteiger partial charge is 0.477 e. The van der Waals surface area contributed by atoms with E-state index >= 15 is 0 Å². The molecule has 0 bridgehead atoms. The van der Waals surface area contributed by atoms with Crippen LogP contribution in [0.15, 0.2) is 16.1 Å². The highest BCUT2D eigenvalue weighted by molar-refractivity contribution is 8.10. The number of hydrogen-bond acceptors (Lipinski definition) is 5. The Hall–Kier alpha value is -1.21. The molecule has 0 saturated heterocycles. The van der Waals surface area contributed by atoms with Gasteiger partial charge < -0.3 is 10.4 Å². The van der Waals surface area contributed by atoms with E-state index < -0.39 is 20.7 Å². The van der Waals surface area contributed by atoms with Crippen LogP contribution in [0.1, 0.15) is 25.7 Å². The van der Waals surface area contributed by atoms with Gasteiger partial charge in [-0.2, -0.15) is 0 Å². The molecule has 0 unspecified atom stereocenters. The molecule has 0 atom stereocenters. The molecular weight excluding hydrogens is 244 g/mol. The van der Waals surface area contributed by atoms with Gasteiger partial charge in [-0.1, -0.05) is 12.8 Å². The Bertz CT molecular complexity index is 486. The summed E-state index contributed by atoms with van der Waals surface area (Å²) in [4.78, 5) is 13.7. The molecule has 1 fully saturated rings. The predicted molar refractivity (Wildman–Crippen MR) is 62.3 cm³/mol. The van der Waals surface area contributed by atoms with Crippen molar-refractivity contribution in [3.8, 4) is 0 Å². The highest BCUT2D eigenvalue weighted by Gasteiger charge is 2.34. The van der Waals surface area contributed by atoms with Crippen LogP contribution in [0.3, 0.4) is 0 Å². The SMILES string of the molecule is O=C(O)C1=CN=C(CNC2CCCC2)S1(=O)=O. The lowest BCUT2D eigenvalue weighted by Crippen LogP contribution is -2.34. The molecule has 0 radical (unpaired) electrons. The van der Waals surface area contributed by atoms with Gasteiger partial charge in [0.05, 0.1) is 6.20 Å². The maximum absolute atomic E-state index is 11.7. The number of carboxylic acids is 1. The van der Waals surface area contributed by atoms with E-state index in [1.807, 2.05) is 0 Å². The average molecular weight is 258 g/mol. The smallest absolute Gasteiger partial charge is 0.349 e. The van der Waals surface area contributed by atoms with E-state index in [2.05, 4.69) is 10.3 Å². The number of sulfone groups is 1. The number of aliphatic carboxylic acids is 1. The fraction of sp³-hybridized carbons (Fsp3) is 0.600. The summed E-state index contributed by atoms with van der Waals surface area (Å²) >= 11 is 0. The molecule has 6 nitrogen and oxygen atoms in total. The lowest BCUT2D eigenvalue weighted by Gasteiger charge is -2.11. The van der Waals surface area contributed by atoms with Gasteiger partial charge in [0.1, 0.15) is 0 Å². The average Bonchev–Trinajstić information content (AvgIpc) is 2.82. The fourth-order valence-corrected chi connectivity index (χ4v) is 3.21. The molecule has 1 heterocycles. The van der Waals surface area contributed by atoms with Crippen molar-refractivity contribution >= 4 is 20.9 Å². The first-order valence-electron chi connectivity index (χ1n) is 5.50. The first-order chi connectivity index (χ1) is 8.01. The van der Waals surface area contributed by atoms with Crippen LogP contribution >= 0.6 is 0 Å². The second-order valence-electron chi connectivity index (χ2n) is 4.19. The molecule has 94 valence electrons. The van der Waals surface area contributed by atoms with Crippen LogP contribution in [0.4, 0.5) is 0 Å². The van der Waals surface area contributed by atoms with Crippen LogP contribution in [0.25, 0.3) is 0 Å². The zero-order valence-electron chi connectivity index (χ0n) is 9.22. The summed E-state index contributed by atoms with van der Waals surface area (Å²) in [6.45, 7) is 0.111. The number of carbonyl (C=O) groups is 1. The minimum atomic E-state index is -3.87. The monoisotopic (exact) mass is 258 g/mol. The Balaban J connectivity index is 1.98. The summed E-state index contributed by atoms with van der Waals surface area (Å²) in [6, 6.07) is 0.321. The molecule has 1 aliphatic heterocycles. The molecule has 0 aromatic carbocycles. The first kappa shape index (κ1) is 12.3. The number of rotatable bonds is 4. The first-order valence-corrected chi connectivity index (χ1v) is 6.99. The van der Waals surface area contributed by atoms with Gasteiger partial charge in [0.25, 0.3) is 0 Å². The fourth-order valence-electron chi connectivity index (χ4n) is 2.07. The van der Waals surface area contributed by atoms with E-state index in [0.29, 0.717) is 6.04 Å². The topological polar surface area (TPSA) is 95.8 Å². The molecule has 0 spiro atoms. The summed E-state index contributed by atoms with van der Waals surface area (Å²) in [5, 5.41) is 11.7. The van der Waals surface area contributed by atoms with Gasteiger partial charge >= 0.3 is 5.97 Å². The highest BCUT2D eigenvalue weighted by Crippen LogP contribution is 2.20. The Morgan fingerprint density at radius 2 is 2.12 bits per heavy atom. The molecule has 0 amide bonds. The highest BCUT2D eigenvalue weighted by atomic mass is 32.2. The number of nitrogens with one attached hydrogen (secondary N) is 1. The molecule has 2 rings (SSSR count). The number of carboxylic acid groups (broad SMARTS) is 1. The zero-order chi connectivity index (χ0) is 12.5. The van der Waals surface area contributed by atoms with Gasteiger partial charge in [-0.3, -0.25) is 0 Å². The Morgan fingerprint density at radius 1 is 1.47 bits per heavy atom. The van der Waals surface area contributed by atoms with Gasteiger partial charge in [-0.25, -0.2) is 18.2 Å². The minimum absolute atomic E-state index is 0.0956. The van der Waals surface area contributed by atoms with Gasteiger partial charge in [-0.05, 0) is 12.8 Å². The van der Waals surface area contributed by atoms with Crippen molar-refractivity contribution in [2.45, 2.75) is 31.7 Å². The second-order valence-corrected chi connectivity index (χ2v) is 6.11. The van der Waals surface area contributed by atoms with Crippen molar-refractivity contribution in [1.82, 2.24) is 5.32 Å². The van der Waals surface area contributed by atoms with Crippen LogP contribution < -0.4 is 5.32 Å². The molecule has 7 heteroatoms. The van der Waals surface area contributed by atoms with Crippen LogP contribution in [-0.2, 0) is 14.6 Å². The maximum atomic E-state index is 11.7. The molecular formula is C10H14N2O4S. The van der Waals surface area contributed by atoms with Crippen LogP contribution in [-0.4, -0.2) is 37.1 Å². The van der Waals surface area contributed by atoms with Crippen LogP contribution in [0.5, 0.6) is 0 Å². The summed E-state index contributed by atoms with van der Waals surface area (Å²) < 4.78 is 23.4. The molecule has 2 aliphatic rings. The lowest BCUT2D eigenvalue weighted by atomic mass is 10.2. The van der Waals surface area contributed by atoms with E-state index in [-0.39, 0.29) is 11.6 Å². The summed E-state index contributed by atoms with van der Waals surface area (Å²) in [7, 11) is -3.87. The standard InChI is InChI=1S/C10H14N2O4S/c13-10(14)8-5-12-9(17(8,15)16)6-11-7-3-1-2-4-7/h5,7,11H,1-4,6H2,(H,13,14). The molecule has 17 heavy (non-hydrogen) atoms. The van der Waals surface area contributed by atoms with Crippen molar-refractivity contribution in [3.63, 3.8) is 0 Å². The molecule has 0 aromatic rings. The van der Waals surface area contributed by atoms with E-state index in [9.17, 15) is 13.2 Å². The summed E-state index contributed by atoms with van der Waals surface area (Å²) in [6.07, 6.45) is 5.27. The third kappa shape index (κ3) is 2.39. The Morgan fingerprint density at radius 3 is 2.65 bits per heavy atom. The van der Waals surface area contributed by atoms with Crippen molar-refractivity contribution in [2.24, 2.45) is 4.99 Å². The lowest BCUT2D eigenvalue weighted by molar-refractivity contribution is -0.131. The van der Waals surface area contributed by atoms with Crippen LogP contribution in [0.2, 0.25) is 0 Å². The second kappa shape index (κ2) is 4.58. The quantitative estimate of drug-likeness (QED) is 0.754. The Labute approximate surface area is 99.3 Å². The normalized spacial score (nSPS) is 23.5. The van der Waals surface area contributed by atoms with Crippen molar-refractivity contribution in [2.75, 3.05) is 6.54 Å². The summed E-state index contributed by atoms with van der Waals surface area (Å²) in [5.41, 5.74) is 0. The van der Waals surface area contributed by atoms with Crippen molar-refractivity contribution < 1.29 is 18.3 Å². The molecule has 2 N–H and O–H groups in total.